The molecule has 0 atom stereocenters. The molecular formula is C8H9BO4S. The van der Waals surface area contributed by atoms with Crippen molar-refractivity contribution in [2.45, 2.75) is 4.90 Å². The van der Waals surface area contributed by atoms with Crippen LogP contribution >= 0.6 is 12.6 Å². The maximum absolute atomic E-state index is 11.1. The average Bonchev–Trinajstić information content (AvgIpc) is 2.15. The van der Waals surface area contributed by atoms with Crippen molar-refractivity contribution in [2.24, 2.45) is 0 Å². The zero-order valence-corrected chi connectivity index (χ0v) is 8.36. The Kier molecular flexibility index (Phi) is 3.57. The first-order valence-corrected chi connectivity index (χ1v) is 4.27. The molecule has 0 aliphatic heterocycles. The molecule has 0 fully saturated rings. The van der Waals surface area contributed by atoms with Crippen LogP contribution in [0.4, 0.5) is 0 Å². The smallest absolute Gasteiger partial charge is 0.465 e. The molecule has 0 heterocycles. The summed E-state index contributed by atoms with van der Waals surface area (Å²) in [5.74, 6) is -0.539. The zero-order chi connectivity index (χ0) is 10.7. The Balaban J connectivity index is 3.13. The molecule has 1 rings (SSSR count). The van der Waals surface area contributed by atoms with Crippen LogP contribution in [0.1, 0.15) is 10.4 Å². The first kappa shape index (κ1) is 11.1. The molecule has 1 aromatic rings. The van der Waals surface area contributed by atoms with Gasteiger partial charge < -0.3 is 14.8 Å². The summed E-state index contributed by atoms with van der Waals surface area (Å²) in [4.78, 5) is 11.6. The lowest BCUT2D eigenvalue weighted by Gasteiger charge is -2.04. The second kappa shape index (κ2) is 4.50. The number of methoxy groups -OCH3 is 1. The van der Waals surface area contributed by atoms with Crippen LogP contribution in [0.25, 0.3) is 0 Å². The van der Waals surface area contributed by atoms with Gasteiger partial charge in [0.05, 0.1) is 12.7 Å². The molecule has 4 nitrogen and oxygen atoms in total. The van der Waals surface area contributed by atoms with Crippen molar-refractivity contribution >= 4 is 31.2 Å². The summed E-state index contributed by atoms with van der Waals surface area (Å²) in [6, 6.07) is 4.29. The van der Waals surface area contributed by atoms with E-state index in [1.807, 2.05) is 0 Å². The van der Waals surface area contributed by atoms with E-state index in [1.54, 1.807) is 0 Å². The van der Waals surface area contributed by atoms with Crippen LogP contribution in [0.5, 0.6) is 0 Å². The van der Waals surface area contributed by atoms with Gasteiger partial charge in [-0.2, -0.15) is 0 Å². The van der Waals surface area contributed by atoms with Gasteiger partial charge in [-0.3, -0.25) is 0 Å². The first-order valence-electron chi connectivity index (χ1n) is 3.83. The molecule has 1 aromatic carbocycles. The molecule has 74 valence electrons. The Morgan fingerprint density at radius 3 is 2.57 bits per heavy atom. The number of benzene rings is 1. The van der Waals surface area contributed by atoms with E-state index >= 15 is 0 Å². The minimum absolute atomic E-state index is 0.206. The molecule has 2 N–H and O–H groups in total. The highest BCUT2D eigenvalue weighted by Crippen LogP contribution is 2.08. The van der Waals surface area contributed by atoms with Crippen LogP contribution in [0.15, 0.2) is 23.1 Å². The summed E-state index contributed by atoms with van der Waals surface area (Å²) in [5, 5.41) is 17.8. The number of thiol groups is 1. The van der Waals surface area contributed by atoms with E-state index in [4.69, 9.17) is 10.0 Å². The van der Waals surface area contributed by atoms with Gasteiger partial charge in [-0.25, -0.2) is 4.79 Å². The molecule has 0 spiro atoms. The highest BCUT2D eigenvalue weighted by atomic mass is 32.1. The lowest BCUT2D eigenvalue weighted by molar-refractivity contribution is 0.0600. The Bertz CT molecular complexity index is 353. The van der Waals surface area contributed by atoms with Crippen LogP contribution in [0, 0.1) is 0 Å². The molecule has 6 heteroatoms. The van der Waals surface area contributed by atoms with Gasteiger partial charge in [0.1, 0.15) is 0 Å². The molecule has 0 aromatic heterocycles. The summed E-state index contributed by atoms with van der Waals surface area (Å²) < 4.78 is 4.49. The SMILES string of the molecule is COC(=O)c1cc(S)cc(B(O)O)c1. The number of ether oxygens (including phenoxy) is 1. The summed E-state index contributed by atoms with van der Waals surface area (Å²) in [5.41, 5.74) is 0.445. The molecule has 0 radical (unpaired) electrons. The van der Waals surface area contributed by atoms with Gasteiger partial charge in [0.2, 0.25) is 0 Å². The van der Waals surface area contributed by atoms with Gasteiger partial charge in [0.15, 0.2) is 0 Å². The molecular weight excluding hydrogens is 203 g/mol. The van der Waals surface area contributed by atoms with E-state index in [9.17, 15) is 4.79 Å². The number of carbonyl (C=O) groups excluding carboxylic acids is 1. The van der Waals surface area contributed by atoms with Crippen LogP contribution in [0.3, 0.4) is 0 Å². The average molecular weight is 212 g/mol. The van der Waals surface area contributed by atoms with Crippen LogP contribution < -0.4 is 5.46 Å². The topological polar surface area (TPSA) is 66.8 Å². The molecule has 0 aliphatic rings. The van der Waals surface area contributed by atoms with Gasteiger partial charge in [0, 0.05) is 4.90 Å². The number of esters is 1. The van der Waals surface area contributed by atoms with Crippen molar-refractivity contribution < 1.29 is 19.6 Å². The van der Waals surface area contributed by atoms with Crippen LogP contribution in [0.2, 0.25) is 0 Å². The Morgan fingerprint density at radius 1 is 1.43 bits per heavy atom. The molecule has 0 saturated heterocycles. The highest BCUT2D eigenvalue weighted by Gasteiger charge is 2.15. The van der Waals surface area contributed by atoms with Crippen molar-refractivity contribution in [3.05, 3.63) is 23.8 Å². The number of hydrogen-bond acceptors (Lipinski definition) is 5. The highest BCUT2D eigenvalue weighted by molar-refractivity contribution is 7.80. The van der Waals surface area contributed by atoms with Gasteiger partial charge in [-0.05, 0) is 23.7 Å². The van der Waals surface area contributed by atoms with E-state index in [0.29, 0.717) is 4.90 Å². The third-order valence-corrected chi connectivity index (χ3v) is 1.92. The summed E-state index contributed by atoms with van der Waals surface area (Å²) >= 11 is 4.02. The largest absolute Gasteiger partial charge is 0.488 e. The Hall–Kier alpha value is -0.975. The zero-order valence-electron chi connectivity index (χ0n) is 7.47. The third kappa shape index (κ3) is 2.51. The number of carbonyl (C=O) groups is 1. The van der Waals surface area contributed by atoms with E-state index in [-0.39, 0.29) is 11.0 Å². The number of hydrogen-bond donors (Lipinski definition) is 3. The minimum atomic E-state index is -1.62. The van der Waals surface area contributed by atoms with Gasteiger partial charge in [-0.1, -0.05) is 0 Å². The van der Waals surface area contributed by atoms with Crippen molar-refractivity contribution in [2.75, 3.05) is 7.11 Å². The summed E-state index contributed by atoms with van der Waals surface area (Å²) in [6.07, 6.45) is 0. The van der Waals surface area contributed by atoms with E-state index in [1.165, 1.54) is 25.3 Å². The van der Waals surface area contributed by atoms with Gasteiger partial charge in [0.25, 0.3) is 0 Å². The monoisotopic (exact) mass is 212 g/mol. The van der Waals surface area contributed by atoms with Crippen LogP contribution in [-0.4, -0.2) is 30.2 Å². The predicted octanol–water partition coefficient (Wildman–Crippen LogP) is -0.558. The summed E-state index contributed by atoms with van der Waals surface area (Å²) in [6.45, 7) is 0. The molecule has 0 bridgehead atoms. The molecule has 14 heavy (non-hydrogen) atoms. The van der Waals surface area contributed by atoms with E-state index in [2.05, 4.69) is 17.4 Å². The van der Waals surface area contributed by atoms with Gasteiger partial charge >= 0.3 is 13.1 Å². The van der Waals surface area contributed by atoms with Crippen LogP contribution in [-0.2, 0) is 4.74 Å². The third-order valence-electron chi connectivity index (χ3n) is 1.66. The van der Waals surface area contributed by atoms with Crippen molar-refractivity contribution in [3.8, 4) is 0 Å². The molecule has 0 aliphatic carbocycles. The fourth-order valence-electron chi connectivity index (χ4n) is 1.02. The predicted molar refractivity (Wildman–Crippen MR) is 54.9 cm³/mol. The van der Waals surface area contributed by atoms with E-state index in [0.717, 1.165) is 0 Å². The molecule has 0 amide bonds. The maximum Gasteiger partial charge on any atom is 0.488 e. The fourth-order valence-corrected chi connectivity index (χ4v) is 1.31. The Labute approximate surface area is 87.1 Å². The molecule has 0 unspecified atom stereocenters. The maximum atomic E-state index is 11.1. The standard InChI is InChI=1S/C8H9BO4S/c1-13-8(10)5-2-6(9(11)12)4-7(14)3-5/h2-4,11-12,14H,1H3. The van der Waals surface area contributed by atoms with Gasteiger partial charge in [-0.15, -0.1) is 12.6 Å². The first-order chi connectivity index (χ1) is 6.54. The Morgan fingerprint density at radius 2 is 2.07 bits per heavy atom. The fraction of sp³-hybridized carbons (Fsp3) is 0.125. The normalized spacial score (nSPS) is 9.71. The van der Waals surface area contributed by atoms with Crippen molar-refractivity contribution in [1.29, 1.82) is 0 Å². The number of rotatable bonds is 2. The van der Waals surface area contributed by atoms with Crippen molar-refractivity contribution in [3.63, 3.8) is 0 Å². The summed E-state index contributed by atoms with van der Waals surface area (Å²) in [7, 11) is -0.367. The quantitative estimate of drug-likeness (QED) is 0.349. The van der Waals surface area contributed by atoms with E-state index < -0.39 is 13.1 Å². The van der Waals surface area contributed by atoms with Crippen molar-refractivity contribution in [1.82, 2.24) is 0 Å². The second-order valence-corrected chi connectivity index (χ2v) is 3.19. The minimum Gasteiger partial charge on any atom is -0.465 e. The lowest BCUT2D eigenvalue weighted by Crippen LogP contribution is -2.30. The lowest BCUT2D eigenvalue weighted by atomic mass is 9.79. The second-order valence-electron chi connectivity index (χ2n) is 2.68. The molecule has 0 saturated carbocycles.